The molecule has 0 spiro atoms. The van der Waals surface area contributed by atoms with Crippen LogP contribution in [0.25, 0.3) is 0 Å². The van der Waals surface area contributed by atoms with Crippen molar-refractivity contribution in [3.05, 3.63) is 28.8 Å². The maximum Gasteiger partial charge on any atom is 0.125 e. The standard InChI is InChI=1S/C14H19NO2S/c1-9-6-11(14(15)18)7-10(2)13(9)17-8-12-4-3-5-16-12/h6-7,12H,3-5,8H2,1-2H3,(H2,15,18). The van der Waals surface area contributed by atoms with Crippen LogP contribution in [0, 0.1) is 13.8 Å². The molecule has 0 aliphatic carbocycles. The van der Waals surface area contributed by atoms with E-state index in [1.165, 1.54) is 0 Å². The van der Waals surface area contributed by atoms with E-state index in [4.69, 9.17) is 27.4 Å². The fraction of sp³-hybridized carbons (Fsp3) is 0.500. The van der Waals surface area contributed by atoms with Crippen LogP contribution in [-0.4, -0.2) is 24.3 Å². The van der Waals surface area contributed by atoms with Gasteiger partial charge in [0.15, 0.2) is 0 Å². The lowest BCUT2D eigenvalue weighted by molar-refractivity contribution is 0.0675. The molecule has 1 unspecified atom stereocenters. The van der Waals surface area contributed by atoms with Gasteiger partial charge in [0.05, 0.1) is 6.10 Å². The van der Waals surface area contributed by atoms with Crippen molar-refractivity contribution in [2.24, 2.45) is 5.73 Å². The van der Waals surface area contributed by atoms with Crippen molar-refractivity contribution in [3.8, 4) is 5.75 Å². The van der Waals surface area contributed by atoms with Crippen LogP contribution >= 0.6 is 12.2 Å². The first-order valence-electron chi connectivity index (χ1n) is 6.23. The zero-order chi connectivity index (χ0) is 13.1. The highest BCUT2D eigenvalue weighted by Gasteiger charge is 2.17. The third-order valence-electron chi connectivity index (χ3n) is 3.18. The lowest BCUT2D eigenvalue weighted by atomic mass is 10.1. The van der Waals surface area contributed by atoms with E-state index in [1.807, 2.05) is 26.0 Å². The summed E-state index contributed by atoms with van der Waals surface area (Å²) in [4.78, 5) is 0.423. The highest BCUT2D eigenvalue weighted by molar-refractivity contribution is 7.80. The van der Waals surface area contributed by atoms with Crippen LogP contribution in [-0.2, 0) is 4.74 Å². The van der Waals surface area contributed by atoms with E-state index in [-0.39, 0.29) is 6.10 Å². The Balaban J connectivity index is 2.10. The van der Waals surface area contributed by atoms with E-state index < -0.39 is 0 Å². The number of benzene rings is 1. The molecule has 0 aromatic heterocycles. The smallest absolute Gasteiger partial charge is 0.125 e. The summed E-state index contributed by atoms with van der Waals surface area (Å²) in [5.41, 5.74) is 8.67. The van der Waals surface area contributed by atoms with Crippen molar-refractivity contribution in [1.82, 2.24) is 0 Å². The van der Waals surface area contributed by atoms with Gasteiger partial charge in [-0.2, -0.15) is 0 Å². The number of thiocarbonyl (C=S) groups is 1. The first-order chi connectivity index (χ1) is 8.58. The Morgan fingerprint density at radius 2 is 2.11 bits per heavy atom. The molecule has 1 aromatic rings. The highest BCUT2D eigenvalue weighted by Crippen LogP contribution is 2.26. The molecule has 1 saturated heterocycles. The molecule has 0 amide bonds. The minimum Gasteiger partial charge on any atom is -0.490 e. The first-order valence-corrected chi connectivity index (χ1v) is 6.64. The Morgan fingerprint density at radius 3 is 2.61 bits per heavy atom. The van der Waals surface area contributed by atoms with Crippen LogP contribution in [0.2, 0.25) is 0 Å². The van der Waals surface area contributed by atoms with Crippen LogP contribution in [0.15, 0.2) is 12.1 Å². The van der Waals surface area contributed by atoms with Gasteiger partial charge in [-0.15, -0.1) is 0 Å². The average Bonchev–Trinajstić information content (AvgIpc) is 2.80. The molecule has 18 heavy (non-hydrogen) atoms. The molecule has 0 radical (unpaired) electrons. The summed E-state index contributed by atoms with van der Waals surface area (Å²) in [6, 6.07) is 3.94. The molecule has 1 aromatic carbocycles. The fourth-order valence-electron chi connectivity index (χ4n) is 2.27. The summed E-state index contributed by atoms with van der Waals surface area (Å²) < 4.78 is 11.4. The molecule has 2 N–H and O–H groups in total. The average molecular weight is 265 g/mol. The van der Waals surface area contributed by atoms with E-state index in [2.05, 4.69) is 0 Å². The minimum absolute atomic E-state index is 0.235. The maximum absolute atomic E-state index is 5.88. The van der Waals surface area contributed by atoms with Crippen LogP contribution in [0.3, 0.4) is 0 Å². The first kappa shape index (κ1) is 13.3. The SMILES string of the molecule is Cc1cc(C(N)=S)cc(C)c1OCC1CCCO1. The Morgan fingerprint density at radius 1 is 1.44 bits per heavy atom. The number of rotatable bonds is 4. The van der Waals surface area contributed by atoms with Crippen LogP contribution in [0.4, 0.5) is 0 Å². The van der Waals surface area contributed by atoms with Gasteiger partial charge in [0.2, 0.25) is 0 Å². The monoisotopic (exact) mass is 265 g/mol. The van der Waals surface area contributed by atoms with Gasteiger partial charge in [0, 0.05) is 12.2 Å². The van der Waals surface area contributed by atoms with Gasteiger partial charge in [-0.25, -0.2) is 0 Å². The van der Waals surface area contributed by atoms with Crippen LogP contribution in [0.5, 0.6) is 5.75 Å². The topological polar surface area (TPSA) is 44.5 Å². The Hall–Kier alpha value is -1.13. The summed E-state index contributed by atoms with van der Waals surface area (Å²) in [7, 11) is 0. The van der Waals surface area contributed by atoms with Gasteiger partial charge in [0.1, 0.15) is 17.3 Å². The fourth-order valence-corrected chi connectivity index (χ4v) is 2.39. The zero-order valence-corrected chi connectivity index (χ0v) is 11.7. The van der Waals surface area contributed by atoms with E-state index in [0.717, 1.165) is 41.9 Å². The van der Waals surface area contributed by atoms with Crippen molar-refractivity contribution in [3.63, 3.8) is 0 Å². The Labute approximate surface area is 113 Å². The van der Waals surface area contributed by atoms with Gasteiger partial charge in [0.25, 0.3) is 0 Å². The van der Waals surface area contributed by atoms with Gasteiger partial charge < -0.3 is 15.2 Å². The van der Waals surface area contributed by atoms with Gasteiger partial charge in [-0.3, -0.25) is 0 Å². The molecule has 98 valence electrons. The molecule has 1 atom stereocenters. The van der Waals surface area contributed by atoms with E-state index in [0.29, 0.717) is 11.6 Å². The lowest BCUT2D eigenvalue weighted by Crippen LogP contribution is -2.17. The van der Waals surface area contributed by atoms with Crippen molar-refractivity contribution < 1.29 is 9.47 Å². The maximum atomic E-state index is 5.88. The second-order valence-corrected chi connectivity index (χ2v) is 5.19. The molecule has 3 nitrogen and oxygen atoms in total. The largest absolute Gasteiger partial charge is 0.490 e. The predicted molar refractivity (Wildman–Crippen MR) is 76.3 cm³/mol. The highest BCUT2D eigenvalue weighted by atomic mass is 32.1. The van der Waals surface area contributed by atoms with Crippen LogP contribution < -0.4 is 10.5 Å². The Bertz CT molecular complexity index is 430. The third-order valence-corrected chi connectivity index (χ3v) is 3.42. The van der Waals surface area contributed by atoms with Crippen LogP contribution in [0.1, 0.15) is 29.5 Å². The third kappa shape index (κ3) is 3.00. The second kappa shape index (κ2) is 5.67. The second-order valence-electron chi connectivity index (χ2n) is 4.75. The molecular formula is C14H19NO2S. The number of hydrogen-bond acceptors (Lipinski definition) is 3. The van der Waals surface area contributed by atoms with Gasteiger partial charge >= 0.3 is 0 Å². The molecule has 4 heteroatoms. The van der Waals surface area contributed by atoms with Crippen molar-refractivity contribution >= 4 is 17.2 Å². The minimum atomic E-state index is 0.235. The summed E-state index contributed by atoms with van der Waals surface area (Å²) in [5, 5.41) is 0. The van der Waals surface area contributed by atoms with E-state index in [1.54, 1.807) is 0 Å². The number of nitrogens with two attached hydrogens (primary N) is 1. The quantitative estimate of drug-likeness (QED) is 0.850. The molecule has 2 rings (SSSR count). The molecule has 1 aliphatic heterocycles. The summed E-state index contributed by atoms with van der Waals surface area (Å²) in [5.74, 6) is 0.922. The normalized spacial score (nSPS) is 18.9. The molecule has 1 aliphatic rings. The molecule has 0 saturated carbocycles. The van der Waals surface area contributed by atoms with Crippen molar-refractivity contribution in [2.45, 2.75) is 32.8 Å². The van der Waals surface area contributed by atoms with Crippen molar-refractivity contribution in [2.75, 3.05) is 13.2 Å². The number of ether oxygens (including phenoxy) is 2. The summed E-state index contributed by atoms with van der Waals surface area (Å²) >= 11 is 4.99. The molecule has 0 bridgehead atoms. The van der Waals surface area contributed by atoms with Crippen molar-refractivity contribution in [1.29, 1.82) is 0 Å². The summed E-state index contributed by atoms with van der Waals surface area (Å²) in [6.45, 7) is 5.50. The summed E-state index contributed by atoms with van der Waals surface area (Å²) in [6.07, 6.45) is 2.45. The predicted octanol–water partition coefficient (Wildman–Crippen LogP) is 2.50. The molecule has 1 heterocycles. The van der Waals surface area contributed by atoms with E-state index in [9.17, 15) is 0 Å². The zero-order valence-electron chi connectivity index (χ0n) is 10.9. The Kier molecular flexibility index (Phi) is 4.19. The molecular weight excluding hydrogens is 246 g/mol. The number of aryl methyl sites for hydroxylation is 2. The lowest BCUT2D eigenvalue weighted by Gasteiger charge is -2.16. The van der Waals surface area contributed by atoms with Gasteiger partial charge in [-0.05, 0) is 49.9 Å². The van der Waals surface area contributed by atoms with Gasteiger partial charge in [-0.1, -0.05) is 12.2 Å². The number of hydrogen-bond donors (Lipinski definition) is 1. The van der Waals surface area contributed by atoms with E-state index >= 15 is 0 Å². The molecule has 1 fully saturated rings.